The summed E-state index contributed by atoms with van der Waals surface area (Å²) in [4.78, 5) is 2.60. The van der Waals surface area contributed by atoms with Crippen molar-refractivity contribution in [1.82, 2.24) is 9.21 Å². The van der Waals surface area contributed by atoms with Gasteiger partial charge in [0.1, 0.15) is 0 Å². The third-order valence-corrected chi connectivity index (χ3v) is 7.41. The Bertz CT molecular complexity index is 940. The van der Waals surface area contributed by atoms with Crippen LogP contribution in [0, 0.1) is 11.3 Å². The quantitative estimate of drug-likeness (QED) is 0.747. The van der Waals surface area contributed by atoms with Crippen molar-refractivity contribution in [2.45, 2.75) is 37.6 Å². The van der Waals surface area contributed by atoms with Crippen LogP contribution in [0.25, 0.3) is 0 Å². The Morgan fingerprint density at radius 1 is 1.07 bits per heavy atom. The van der Waals surface area contributed by atoms with Crippen LogP contribution in [0.3, 0.4) is 0 Å². The Labute approximate surface area is 168 Å². The van der Waals surface area contributed by atoms with E-state index in [9.17, 15) is 8.42 Å². The first-order valence-electron chi connectivity index (χ1n) is 9.75. The molecule has 0 bridgehead atoms. The molecule has 0 aromatic heterocycles. The van der Waals surface area contributed by atoms with E-state index in [2.05, 4.69) is 24.8 Å². The molecule has 2 aromatic carbocycles. The van der Waals surface area contributed by atoms with Crippen LogP contribution < -0.4 is 0 Å². The summed E-state index contributed by atoms with van der Waals surface area (Å²) in [6, 6.07) is 17.1. The monoisotopic (exact) mass is 397 g/mol. The third kappa shape index (κ3) is 4.61. The van der Waals surface area contributed by atoms with E-state index >= 15 is 0 Å². The molecule has 1 saturated heterocycles. The zero-order valence-electron chi connectivity index (χ0n) is 16.5. The highest BCUT2D eigenvalue weighted by atomic mass is 32.2. The number of hydrogen-bond donors (Lipinski definition) is 0. The predicted molar refractivity (Wildman–Crippen MR) is 110 cm³/mol. The Balaban J connectivity index is 1.62. The molecule has 0 N–H and O–H groups in total. The maximum absolute atomic E-state index is 13.0. The molecule has 6 heteroatoms. The molecule has 0 aliphatic carbocycles. The summed E-state index contributed by atoms with van der Waals surface area (Å²) in [6.45, 7) is 7.33. The van der Waals surface area contributed by atoms with Gasteiger partial charge in [-0.1, -0.05) is 38.1 Å². The molecule has 0 saturated carbocycles. The SMILES string of the molecule is CC[C@@H](C)c1ccc(S(=O)(=O)N2CCN(Cc3cccc(C#N)c3)CC2)cc1. The number of piperazine rings is 1. The van der Waals surface area contributed by atoms with E-state index in [0.717, 1.165) is 18.5 Å². The van der Waals surface area contributed by atoms with Crippen molar-refractivity contribution in [1.29, 1.82) is 5.26 Å². The van der Waals surface area contributed by atoms with Crippen molar-refractivity contribution in [3.8, 4) is 6.07 Å². The minimum atomic E-state index is -3.45. The number of hydrogen-bond acceptors (Lipinski definition) is 4. The molecule has 1 atom stereocenters. The molecule has 0 unspecified atom stereocenters. The highest BCUT2D eigenvalue weighted by molar-refractivity contribution is 7.89. The molecule has 3 rings (SSSR count). The fourth-order valence-corrected chi connectivity index (χ4v) is 4.90. The van der Waals surface area contributed by atoms with Crippen LogP contribution in [0.2, 0.25) is 0 Å². The van der Waals surface area contributed by atoms with Crippen molar-refractivity contribution < 1.29 is 8.42 Å². The van der Waals surface area contributed by atoms with E-state index < -0.39 is 10.0 Å². The normalized spacial score (nSPS) is 17.2. The van der Waals surface area contributed by atoms with Gasteiger partial charge in [0.2, 0.25) is 10.0 Å². The summed E-state index contributed by atoms with van der Waals surface area (Å²) in [5, 5.41) is 9.02. The lowest BCUT2D eigenvalue weighted by atomic mass is 9.99. The van der Waals surface area contributed by atoms with Crippen molar-refractivity contribution in [2.24, 2.45) is 0 Å². The molecule has 148 valence electrons. The smallest absolute Gasteiger partial charge is 0.243 e. The minimum absolute atomic E-state index is 0.370. The second kappa shape index (κ2) is 8.87. The molecular formula is C22H27N3O2S. The standard InChI is InChI=1S/C22H27N3O2S/c1-3-18(2)21-7-9-22(10-8-21)28(26,27)25-13-11-24(12-14-25)17-20-6-4-5-19(15-20)16-23/h4-10,15,18H,3,11-14,17H2,1-2H3/t18-/m1/s1. The van der Waals surface area contributed by atoms with Gasteiger partial charge in [0.15, 0.2) is 0 Å². The molecule has 0 amide bonds. The average molecular weight is 398 g/mol. The van der Waals surface area contributed by atoms with Crippen LogP contribution in [-0.2, 0) is 16.6 Å². The summed E-state index contributed by atoms with van der Waals surface area (Å²) >= 11 is 0. The summed E-state index contributed by atoms with van der Waals surface area (Å²) < 4.78 is 27.5. The van der Waals surface area contributed by atoms with Crippen molar-refractivity contribution in [3.05, 3.63) is 65.2 Å². The van der Waals surface area contributed by atoms with E-state index in [1.165, 1.54) is 5.56 Å². The highest BCUT2D eigenvalue weighted by Crippen LogP contribution is 2.23. The molecule has 1 aliphatic heterocycles. The van der Waals surface area contributed by atoms with Gasteiger partial charge in [-0.2, -0.15) is 9.57 Å². The lowest BCUT2D eigenvalue weighted by Crippen LogP contribution is -2.48. The van der Waals surface area contributed by atoms with Crippen LogP contribution >= 0.6 is 0 Å². The maximum Gasteiger partial charge on any atom is 0.243 e. The molecule has 2 aromatic rings. The topological polar surface area (TPSA) is 64.4 Å². The molecule has 0 radical (unpaired) electrons. The van der Waals surface area contributed by atoms with Crippen molar-refractivity contribution in [3.63, 3.8) is 0 Å². The zero-order valence-corrected chi connectivity index (χ0v) is 17.3. The highest BCUT2D eigenvalue weighted by Gasteiger charge is 2.28. The number of rotatable bonds is 6. The second-order valence-corrected chi connectivity index (χ2v) is 9.31. The average Bonchev–Trinajstić information content (AvgIpc) is 2.74. The van der Waals surface area contributed by atoms with Gasteiger partial charge in [0.25, 0.3) is 0 Å². The first kappa shape index (κ1) is 20.5. The maximum atomic E-state index is 13.0. The van der Waals surface area contributed by atoms with E-state index in [0.29, 0.717) is 42.6 Å². The molecule has 5 nitrogen and oxygen atoms in total. The summed E-state index contributed by atoms with van der Waals surface area (Å²) in [7, 11) is -3.45. The summed E-state index contributed by atoms with van der Waals surface area (Å²) in [6.07, 6.45) is 1.03. The Kier molecular flexibility index (Phi) is 6.50. The first-order chi connectivity index (χ1) is 13.4. The molecule has 28 heavy (non-hydrogen) atoms. The van der Waals surface area contributed by atoms with Gasteiger partial charge in [-0.05, 0) is 47.7 Å². The van der Waals surface area contributed by atoms with E-state index in [1.54, 1.807) is 22.5 Å². The van der Waals surface area contributed by atoms with E-state index in [1.807, 2.05) is 30.3 Å². The van der Waals surface area contributed by atoms with Gasteiger partial charge in [-0.3, -0.25) is 4.90 Å². The zero-order chi connectivity index (χ0) is 20.1. The lowest BCUT2D eigenvalue weighted by molar-refractivity contribution is 0.181. The number of nitrogens with zero attached hydrogens (tertiary/aromatic N) is 3. The van der Waals surface area contributed by atoms with Gasteiger partial charge < -0.3 is 0 Å². The van der Waals surface area contributed by atoms with Crippen LogP contribution in [0.15, 0.2) is 53.4 Å². The second-order valence-electron chi connectivity index (χ2n) is 7.37. The minimum Gasteiger partial charge on any atom is -0.296 e. The number of nitriles is 1. The Morgan fingerprint density at radius 3 is 2.36 bits per heavy atom. The van der Waals surface area contributed by atoms with Crippen LogP contribution in [0.5, 0.6) is 0 Å². The van der Waals surface area contributed by atoms with Gasteiger partial charge in [-0.15, -0.1) is 0 Å². The molecular weight excluding hydrogens is 370 g/mol. The first-order valence-corrected chi connectivity index (χ1v) is 11.2. The van der Waals surface area contributed by atoms with Crippen LogP contribution in [-0.4, -0.2) is 43.8 Å². The summed E-state index contributed by atoms with van der Waals surface area (Å²) in [5.74, 6) is 0.430. The fraction of sp³-hybridized carbons (Fsp3) is 0.409. The molecule has 0 spiro atoms. The third-order valence-electron chi connectivity index (χ3n) is 5.49. The van der Waals surface area contributed by atoms with E-state index in [-0.39, 0.29) is 0 Å². The van der Waals surface area contributed by atoms with Gasteiger partial charge in [-0.25, -0.2) is 8.42 Å². The number of benzene rings is 2. The fourth-order valence-electron chi connectivity index (χ4n) is 3.48. The lowest BCUT2D eigenvalue weighted by Gasteiger charge is -2.34. The molecule has 1 heterocycles. The summed E-state index contributed by atoms with van der Waals surface area (Å²) in [5.41, 5.74) is 2.90. The van der Waals surface area contributed by atoms with Gasteiger partial charge in [0, 0.05) is 32.7 Å². The largest absolute Gasteiger partial charge is 0.296 e. The van der Waals surface area contributed by atoms with E-state index in [4.69, 9.17) is 5.26 Å². The number of sulfonamides is 1. The Hall–Kier alpha value is -2.20. The Morgan fingerprint density at radius 2 is 1.75 bits per heavy atom. The van der Waals surface area contributed by atoms with Crippen molar-refractivity contribution >= 4 is 10.0 Å². The van der Waals surface area contributed by atoms with Gasteiger partial charge >= 0.3 is 0 Å². The molecule has 1 fully saturated rings. The van der Waals surface area contributed by atoms with Gasteiger partial charge in [0.05, 0.1) is 16.5 Å². The van der Waals surface area contributed by atoms with Crippen LogP contribution in [0.4, 0.5) is 0 Å². The van der Waals surface area contributed by atoms with Crippen LogP contribution in [0.1, 0.15) is 42.9 Å². The van der Waals surface area contributed by atoms with Crippen molar-refractivity contribution in [2.75, 3.05) is 26.2 Å². The molecule has 1 aliphatic rings. The predicted octanol–water partition coefficient (Wildman–Crippen LogP) is 3.58.